The van der Waals surface area contributed by atoms with Crippen LogP contribution in [-0.4, -0.2) is 35.9 Å². The van der Waals surface area contributed by atoms with E-state index in [2.05, 4.69) is 15.6 Å². The van der Waals surface area contributed by atoms with E-state index in [1.54, 1.807) is 11.6 Å². The predicted molar refractivity (Wildman–Crippen MR) is 93.0 cm³/mol. The molecular formula is C16H23N5O4S. The SMILES string of the molecule is Cc1noc(C)c1CCNC(=O)NS(=O)(=O)c1cnn(CC2CCC2)c1. The summed E-state index contributed by atoms with van der Waals surface area (Å²) in [6, 6.07) is -0.775. The Labute approximate surface area is 152 Å². The van der Waals surface area contributed by atoms with Crippen molar-refractivity contribution in [3.05, 3.63) is 29.4 Å². The van der Waals surface area contributed by atoms with E-state index in [9.17, 15) is 13.2 Å². The first-order chi connectivity index (χ1) is 12.3. The number of carbonyl (C=O) groups is 1. The number of hydrogen-bond acceptors (Lipinski definition) is 6. The second-order valence-electron chi connectivity index (χ2n) is 6.61. The van der Waals surface area contributed by atoms with Crippen molar-refractivity contribution in [3.8, 4) is 0 Å². The lowest BCUT2D eigenvalue weighted by Gasteiger charge is -2.24. The molecule has 9 nitrogen and oxygen atoms in total. The molecule has 0 aromatic carbocycles. The third-order valence-electron chi connectivity index (χ3n) is 4.66. The first kappa shape index (κ1) is 18.4. The lowest BCUT2D eigenvalue weighted by Crippen LogP contribution is -2.40. The fourth-order valence-electron chi connectivity index (χ4n) is 2.90. The summed E-state index contributed by atoms with van der Waals surface area (Å²) in [4.78, 5) is 11.9. The fraction of sp³-hybridized carbons (Fsp3) is 0.562. The lowest BCUT2D eigenvalue weighted by atomic mass is 9.85. The number of sulfonamides is 1. The molecule has 0 spiro atoms. The number of hydrogen-bond donors (Lipinski definition) is 2. The molecule has 1 aliphatic carbocycles. The van der Waals surface area contributed by atoms with Crippen LogP contribution in [-0.2, 0) is 23.0 Å². The van der Waals surface area contributed by atoms with Gasteiger partial charge >= 0.3 is 6.03 Å². The Morgan fingerprint density at radius 3 is 2.77 bits per heavy atom. The van der Waals surface area contributed by atoms with Gasteiger partial charge in [0.1, 0.15) is 10.7 Å². The molecule has 2 aromatic rings. The van der Waals surface area contributed by atoms with Crippen molar-refractivity contribution in [3.63, 3.8) is 0 Å². The van der Waals surface area contributed by atoms with E-state index < -0.39 is 16.1 Å². The average molecular weight is 381 g/mol. The van der Waals surface area contributed by atoms with Crippen molar-refractivity contribution in [2.45, 2.75) is 51.0 Å². The first-order valence-corrected chi connectivity index (χ1v) is 10.1. The highest BCUT2D eigenvalue weighted by atomic mass is 32.2. The first-order valence-electron chi connectivity index (χ1n) is 8.60. The molecule has 0 saturated heterocycles. The van der Waals surface area contributed by atoms with Crippen LogP contribution in [0.1, 0.15) is 36.3 Å². The van der Waals surface area contributed by atoms with E-state index in [4.69, 9.17) is 4.52 Å². The van der Waals surface area contributed by atoms with Crippen LogP contribution in [0.2, 0.25) is 0 Å². The van der Waals surface area contributed by atoms with Crippen molar-refractivity contribution < 1.29 is 17.7 Å². The zero-order chi connectivity index (χ0) is 18.7. The normalized spacial score (nSPS) is 14.8. The number of amides is 2. The summed E-state index contributed by atoms with van der Waals surface area (Å²) in [6.45, 7) is 4.59. The molecule has 1 fully saturated rings. The standard InChI is InChI=1S/C16H23N5O4S/c1-11-15(12(2)25-19-11)6-7-17-16(22)20-26(23,24)14-8-18-21(10-14)9-13-4-3-5-13/h8,10,13H,3-7,9H2,1-2H3,(H2,17,20,22). The molecule has 2 aromatic heterocycles. The van der Waals surface area contributed by atoms with Gasteiger partial charge in [0.05, 0.1) is 11.9 Å². The number of aromatic nitrogens is 3. The van der Waals surface area contributed by atoms with Gasteiger partial charge in [-0.2, -0.15) is 5.10 Å². The molecular weight excluding hydrogens is 358 g/mol. The van der Waals surface area contributed by atoms with Crippen LogP contribution in [0, 0.1) is 19.8 Å². The summed E-state index contributed by atoms with van der Waals surface area (Å²) < 4.78 is 33.2. The zero-order valence-electron chi connectivity index (χ0n) is 14.9. The van der Waals surface area contributed by atoms with E-state index in [1.807, 2.05) is 11.6 Å². The minimum Gasteiger partial charge on any atom is -0.361 e. The summed E-state index contributed by atoms with van der Waals surface area (Å²) in [5.41, 5.74) is 1.67. The number of aryl methyl sites for hydroxylation is 2. The number of nitrogens with zero attached hydrogens (tertiary/aromatic N) is 3. The van der Waals surface area contributed by atoms with Crippen LogP contribution in [0.5, 0.6) is 0 Å². The van der Waals surface area contributed by atoms with Crippen LogP contribution in [0.3, 0.4) is 0 Å². The van der Waals surface area contributed by atoms with E-state index in [-0.39, 0.29) is 11.4 Å². The van der Waals surface area contributed by atoms with Gasteiger partial charge in [0.25, 0.3) is 10.0 Å². The van der Waals surface area contributed by atoms with Gasteiger partial charge in [0.2, 0.25) is 0 Å². The van der Waals surface area contributed by atoms with E-state index in [0.29, 0.717) is 24.6 Å². The zero-order valence-corrected chi connectivity index (χ0v) is 15.7. The molecule has 26 heavy (non-hydrogen) atoms. The largest absolute Gasteiger partial charge is 0.361 e. The number of rotatable bonds is 7. The quantitative estimate of drug-likeness (QED) is 0.750. The van der Waals surface area contributed by atoms with Gasteiger partial charge in [0.15, 0.2) is 0 Å². The molecule has 1 aliphatic rings. The van der Waals surface area contributed by atoms with E-state index in [0.717, 1.165) is 24.1 Å². The molecule has 0 aliphatic heterocycles. The highest BCUT2D eigenvalue weighted by Gasteiger charge is 2.22. The summed E-state index contributed by atoms with van der Waals surface area (Å²) in [5.74, 6) is 1.25. The van der Waals surface area contributed by atoms with Gasteiger partial charge in [-0.15, -0.1) is 0 Å². The van der Waals surface area contributed by atoms with Crippen LogP contribution >= 0.6 is 0 Å². The minimum atomic E-state index is -3.94. The topological polar surface area (TPSA) is 119 Å². The van der Waals surface area contributed by atoms with E-state index in [1.165, 1.54) is 18.8 Å². The monoisotopic (exact) mass is 381 g/mol. The van der Waals surface area contributed by atoms with Crippen molar-refractivity contribution in [2.75, 3.05) is 6.54 Å². The van der Waals surface area contributed by atoms with Gasteiger partial charge in [-0.3, -0.25) is 4.68 Å². The molecule has 1 saturated carbocycles. The number of nitrogens with one attached hydrogen (secondary N) is 2. The Kier molecular flexibility index (Phi) is 5.30. The van der Waals surface area contributed by atoms with Gasteiger partial charge in [-0.1, -0.05) is 11.6 Å². The van der Waals surface area contributed by atoms with Crippen molar-refractivity contribution >= 4 is 16.1 Å². The maximum Gasteiger partial charge on any atom is 0.328 e. The molecule has 2 amide bonds. The van der Waals surface area contributed by atoms with E-state index >= 15 is 0 Å². The second-order valence-corrected chi connectivity index (χ2v) is 8.29. The molecule has 0 atom stereocenters. The van der Waals surface area contributed by atoms with Crippen molar-refractivity contribution in [2.24, 2.45) is 5.92 Å². The lowest BCUT2D eigenvalue weighted by molar-refractivity contribution is 0.246. The molecule has 142 valence electrons. The van der Waals surface area contributed by atoms with Crippen LogP contribution in [0.4, 0.5) is 4.79 Å². The molecule has 0 radical (unpaired) electrons. The van der Waals surface area contributed by atoms with Crippen LogP contribution < -0.4 is 10.0 Å². The average Bonchev–Trinajstić information content (AvgIpc) is 3.12. The Hall–Kier alpha value is -2.36. The third-order valence-corrected chi connectivity index (χ3v) is 5.94. The maximum absolute atomic E-state index is 12.3. The molecule has 2 heterocycles. The number of urea groups is 1. The smallest absolute Gasteiger partial charge is 0.328 e. The fourth-order valence-corrected chi connectivity index (χ4v) is 3.78. The minimum absolute atomic E-state index is 0.0160. The third kappa shape index (κ3) is 4.24. The molecule has 3 rings (SSSR count). The van der Waals surface area contributed by atoms with Crippen LogP contribution in [0.15, 0.2) is 21.8 Å². The Bertz CT molecular complexity index is 863. The van der Waals surface area contributed by atoms with Gasteiger partial charge < -0.3 is 9.84 Å². The molecule has 2 N–H and O–H groups in total. The second kappa shape index (κ2) is 7.48. The summed E-state index contributed by atoms with van der Waals surface area (Å²) in [7, 11) is -3.94. The summed E-state index contributed by atoms with van der Waals surface area (Å²) >= 11 is 0. The Morgan fingerprint density at radius 2 is 2.15 bits per heavy atom. The predicted octanol–water partition coefficient (Wildman–Crippen LogP) is 1.52. The Morgan fingerprint density at radius 1 is 1.38 bits per heavy atom. The highest BCUT2D eigenvalue weighted by Crippen LogP contribution is 2.27. The van der Waals surface area contributed by atoms with Gasteiger partial charge in [0, 0.05) is 24.8 Å². The van der Waals surface area contributed by atoms with Crippen molar-refractivity contribution in [1.82, 2.24) is 25.0 Å². The summed E-state index contributed by atoms with van der Waals surface area (Å²) in [5, 5.41) is 10.4. The Balaban J connectivity index is 1.51. The molecule has 0 unspecified atom stereocenters. The molecule has 0 bridgehead atoms. The highest BCUT2D eigenvalue weighted by molar-refractivity contribution is 7.90. The maximum atomic E-state index is 12.3. The number of carbonyl (C=O) groups excluding carboxylic acids is 1. The molecule has 10 heteroatoms. The van der Waals surface area contributed by atoms with Gasteiger partial charge in [-0.25, -0.2) is 17.9 Å². The summed E-state index contributed by atoms with van der Waals surface area (Å²) in [6.07, 6.45) is 6.73. The van der Waals surface area contributed by atoms with Crippen molar-refractivity contribution in [1.29, 1.82) is 0 Å². The van der Waals surface area contributed by atoms with Crippen LogP contribution in [0.25, 0.3) is 0 Å². The van der Waals surface area contributed by atoms with Gasteiger partial charge in [-0.05, 0) is 39.0 Å².